The molecule has 404 valence electrons. The Hall–Kier alpha value is -7.43. The monoisotopic (exact) mass is 1020 g/mol. The minimum Gasteiger partial charge on any atom is -0.481 e. The highest BCUT2D eigenvalue weighted by Crippen LogP contribution is 2.11. The van der Waals surface area contributed by atoms with Crippen molar-refractivity contribution in [1.29, 1.82) is 0 Å². The van der Waals surface area contributed by atoms with E-state index in [-0.39, 0.29) is 56.4 Å². The Morgan fingerprint density at radius 3 is 1.62 bits per heavy atom. The van der Waals surface area contributed by atoms with Crippen LogP contribution >= 0.6 is 0 Å². The van der Waals surface area contributed by atoms with E-state index in [1.165, 1.54) is 26.4 Å². The number of amides is 8. The summed E-state index contributed by atoms with van der Waals surface area (Å²) in [4.78, 5) is 153. The molecule has 0 spiro atoms. The molecule has 19 N–H and O–H groups in total. The molecule has 0 saturated heterocycles. The lowest BCUT2D eigenvalue weighted by atomic mass is 10.0. The van der Waals surface area contributed by atoms with Gasteiger partial charge in [-0.2, -0.15) is 0 Å². The van der Waals surface area contributed by atoms with Gasteiger partial charge in [-0.1, -0.05) is 41.5 Å². The summed E-state index contributed by atoms with van der Waals surface area (Å²) in [6, 6.07) is -12.2. The summed E-state index contributed by atoms with van der Waals surface area (Å²) in [7, 11) is 0. The molecular formula is C43H72N14O15. The first kappa shape index (κ1) is 62.6. The molecule has 0 radical (unpaired) electrons. The van der Waals surface area contributed by atoms with E-state index in [1.807, 2.05) is 0 Å². The normalized spacial score (nSPS) is 14.9. The molecule has 29 heteroatoms. The maximum absolute atomic E-state index is 13.8. The van der Waals surface area contributed by atoms with Crippen molar-refractivity contribution < 1.29 is 73.2 Å². The lowest BCUT2D eigenvalue weighted by Crippen LogP contribution is -2.62. The second-order valence-corrected chi connectivity index (χ2v) is 18.2. The largest absolute Gasteiger partial charge is 0.481 e. The Balaban J connectivity index is 3.22. The highest BCUT2D eigenvalue weighted by Gasteiger charge is 2.36. The number of nitrogens with two attached hydrogens (primary N) is 3. The Bertz CT molecular complexity index is 2060. The quantitative estimate of drug-likeness (QED) is 0.0178. The third kappa shape index (κ3) is 23.9. The van der Waals surface area contributed by atoms with Gasteiger partial charge in [-0.3, -0.25) is 52.9 Å². The van der Waals surface area contributed by atoms with Crippen LogP contribution in [0.5, 0.6) is 0 Å². The molecule has 1 rings (SSSR count). The van der Waals surface area contributed by atoms with Crippen LogP contribution in [-0.2, 0) is 59.2 Å². The van der Waals surface area contributed by atoms with Crippen LogP contribution in [-0.4, -0.2) is 169 Å². The fourth-order valence-corrected chi connectivity index (χ4v) is 6.71. The number of imidazole rings is 1. The van der Waals surface area contributed by atoms with Gasteiger partial charge in [0.1, 0.15) is 42.3 Å². The fourth-order valence-electron chi connectivity index (χ4n) is 6.71. The van der Waals surface area contributed by atoms with Crippen molar-refractivity contribution >= 4 is 71.1 Å². The number of H-pyrrole nitrogens is 1. The van der Waals surface area contributed by atoms with Gasteiger partial charge in [0.15, 0.2) is 5.96 Å². The van der Waals surface area contributed by atoms with E-state index in [4.69, 9.17) is 22.3 Å². The van der Waals surface area contributed by atoms with Gasteiger partial charge in [0.05, 0.1) is 37.9 Å². The number of aliphatic hydroxyl groups excluding tert-OH is 1. The molecule has 0 aliphatic heterocycles. The summed E-state index contributed by atoms with van der Waals surface area (Å²) in [5.74, 6) is -13.7. The number of carbonyl (C=O) groups is 11. The number of carbonyl (C=O) groups excluding carboxylic acids is 8. The van der Waals surface area contributed by atoms with E-state index < -0.39 is 145 Å². The summed E-state index contributed by atoms with van der Waals surface area (Å²) >= 11 is 0. The number of hydrogen-bond acceptors (Lipinski definition) is 15. The van der Waals surface area contributed by atoms with Crippen molar-refractivity contribution in [3.05, 3.63) is 18.2 Å². The Morgan fingerprint density at radius 1 is 0.625 bits per heavy atom. The number of carboxylic acids is 3. The van der Waals surface area contributed by atoms with E-state index in [9.17, 15) is 68.1 Å². The predicted molar refractivity (Wildman–Crippen MR) is 254 cm³/mol. The SMILES string of the molecule is CC(C)C[C@H](NC(=O)CNC(=O)[C@H](CC(C)C)NC(=O)[C@H](CC(=O)O)NC(=O)[C@@H](NC(=O)[C@@H](NC(=O)[C@@H](N)CC(=O)O)C(C)C)[C@@H](C)O)C(=O)N[C@@H](Cc1cnc[nH]1)C(=O)N[C@@H](CCCN=C(N)N)C(=O)O. The third-order valence-corrected chi connectivity index (χ3v) is 10.3. The van der Waals surface area contributed by atoms with Crippen LogP contribution in [0.15, 0.2) is 17.5 Å². The van der Waals surface area contributed by atoms with E-state index in [0.717, 1.165) is 6.92 Å². The van der Waals surface area contributed by atoms with Crippen molar-refractivity contribution in [3.8, 4) is 0 Å². The smallest absolute Gasteiger partial charge is 0.326 e. The predicted octanol–water partition coefficient (Wildman–Crippen LogP) is -4.99. The lowest BCUT2D eigenvalue weighted by Gasteiger charge is -2.28. The fraction of sp³-hybridized carbons (Fsp3) is 0.651. The van der Waals surface area contributed by atoms with Crippen LogP contribution in [0.2, 0.25) is 0 Å². The van der Waals surface area contributed by atoms with Crippen molar-refractivity contribution in [1.82, 2.24) is 52.5 Å². The molecule has 8 amide bonds. The molecule has 0 aliphatic carbocycles. The van der Waals surface area contributed by atoms with E-state index in [0.29, 0.717) is 5.69 Å². The number of aromatic amines is 1. The standard InChI is InChI=1S/C43H72N14O15/c1-19(2)11-26(53-39(68)29(15-32(62)63)55-41(70)34(22(7)58)57-40(69)33(21(5)6)56-35(64)24(44)14-31(60)61)36(65)49-17-30(59)51-27(12-20(3)4)37(66)54-28(13-23-16-47-18-50-23)38(67)52-25(42(71)72)9-8-10-48-43(45)46/h16,18-22,24-29,33-34,58H,8-15,17,44H2,1-7H3,(H,47,50)(H,49,65)(H,51,59)(H,52,67)(H,53,68)(H,54,66)(H,55,70)(H,56,64)(H,57,69)(H,60,61)(H,62,63)(H,71,72)(H4,45,46,48)/t22-,24+,25+,26+,27+,28+,29+,33+,34+/m1/s1. The first-order valence-corrected chi connectivity index (χ1v) is 23.0. The highest BCUT2D eigenvalue weighted by molar-refractivity contribution is 5.98. The molecule has 1 heterocycles. The molecule has 0 aliphatic rings. The van der Waals surface area contributed by atoms with E-state index in [1.54, 1.807) is 27.7 Å². The minimum absolute atomic E-state index is 0.0347. The molecule has 29 nitrogen and oxygen atoms in total. The first-order chi connectivity index (χ1) is 33.5. The maximum Gasteiger partial charge on any atom is 0.326 e. The van der Waals surface area contributed by atoms with Crippen molar-refractivity contribution in [2.75, 3.05) is 13.1 Å². The number of aliphatic hydroxyl groups is 1. The Morgan fingerprint density at radius 2 is 1.12 bits per heavy atom. The number of nitrogens with zero attached hydrogens (tertiary/aromatic N) is 2. The zero-order valence-corrected chi connectivity index (χ0v) is 41.4. The topological polar surface area (TPSA) is 484 Å². The molecule has 1 aromatic rings. The van der Waals surface area contributed by atoms with Gasteiger partial charge in [0, 0.05) is 24.9 Å². The average molecular weight is 1030 g/mol. The van der Waals surface area contributed by atoms with Gasteiger partial charge in [-0.25, -0.2) is 9.78 Å². The number of rotatable bonds is 33. The zero-order valence-electron chi connectivity index (χ0n) is 41.4. The van der Waals surface area contributed by atoms with Crippen molar-refractivity contribution in [3.63, 3.8) is 0 Å². The second-order valence-electron chi connectivity index (χ2n) is 18.2. The summed E-state index contributed by atoms with van der Waals surface area (Å²) in [6.45, 7) is 10.3. The number of guanidine groups is 1. The second kappa shape index (κ2) is 31.0. The van der Waals surface area contributed by atoms with Gasteiger partial charge < -0.3 is 85.1 Å². The molecule has 0 saturated carbocycles. The molecule has 1 aromatic heterocycles. The highest BCUT2D eigenvalue weighted by atomic mass is 16.4. The summed E-state index contributed by atoms with van der Waals surface area (Å²) in [6.07, 6.45) is -0.833. The summed E-state index contributed by atoms with van der Waals surface area (Å²) in [5.41, 5.74) is 16.7. The number of carboxylic acid groups (broad SMARTS) is 3. The van der Waals surface area contributed by atoms with Gasteiger partial charge >= 0.3 is 17.9 Å². The molecule has 9 atom stereocenters. The molecule has 0 aromatic carbocycles. The summed E-state index contributed by atoms with van der Waals surface area (Å²) in [5, 5.41) is 57.8. The molecule has 0 unspecified atom stereocenters. The Kier molecular flexibility index (Phi) is 27.0. The van der Waals surface area contributed by atoms with Crippen molar-refractivity contribution in [2.45, 2.75) is 148 Å². The molecular weight excluding hydrogens is 953 g/mol. The van der Waals surface area contributed by atoms with Gasteiger partial charge in [0.2, 0.25) is 47.3 Å². The number of nitrogens with one attached hydrogen (secondary N) is 9. The lowest BCUT2D eigenvalue weighted by molar-refractivity contribution is -0.142. The number of hydrogen-bond donors (Lipinski definition) is 16. The van der Waals surface area contributed by atoms with Crippen LogP contribution in [0.25, 0.3) is 0 Å². The van der Waals surface area contributed by atoms with Crippen LogP contribution in [0, 0.1) is 17.8 Å². The minimum atomic E-state index is -1.91. The number of aliphatic carboxylic acids is 3. The van der Waals surface area contributed by atoms with Crippen molar-refractivity contribution in [2.24, 2.45) is 39.9 Å². The first-order valence-electron chi connectivity index (χ1n) is 23.0. The molecule has 0 bridgehead atoms. The van der Waals surface area contributed by atoms with E-state index in [2.05, 4.69) is 57.5 Å². The van der Waals surface area contributed by atoms with Crippen LogP contribution in [0.3, 0.4) is 0 Å². The van der Waals surface area contributed by atoms with Gasteiger partial charge in [0.25, 0.3) is 0 Å². The van der Waals surface area contributed by atoms with Gasteiger partial charge in [-0.05, 0) is 50.4 Å². The summed E-state index contributed by atoms with van der Waals surface area (Å²) < 4.78 is 0. The van der Waals surface area contributed by atoms with Crippen LogP contribution in [0.1, 0.15) is 92.7 Å². The molecule has 72 heavy (non-hydrogen) atoms. The maximum atomic E-state index is 13.8. The average Bonchev–Trinajstić information content (AvgIpc) is 3.78. The van der Waals surface area contributed by atoms with Crippen LogP contribution in [0.4, 0.5) is 0 Å². The third-order valence-electron chi connectivity index (χ3n) is 10.3. The Labute approximate surface area is 415 Å². The molecule has 0 fully saturated rings. The van der Waals surface area contributed by atoms with Gasteiger partial charge in [-0.15, -0.1) is 0 Å². The van der Waals surface area contributed by atoms with Crippen LogP contribution < -0.4 is 59.7 Å². The number of aliphatic imine (C=N–C) groups is 1. The zero-order chi connectivity index (χ0) is 55.0. The number of aromatic nitrogens is 2. The van der Waals surface area contributed by atoms with E-state index >= 15 is 0 Å².